The Bertz CT molecular complexity index is 1110. The van der Waals surface area contributed by atoms with Crippen LogP contribution in [0.1, 0.15) is 57.9 Å². The van der Waals surface area contributed by atoms with Crippen molar-refractivity contribution in [3.63, 3.8) is 0 Å². The molecule has 1 fully saturated rings. The second-order valence-electron chi connectivity index (χ2n) is 8.46. The van der Waals surface area contributed by atoms with E-state index in [4.69, 9.17) is 9.15 Å². The normalized spacial score (nSPS) is 15.5. The van der Waals surface area contributed by atoms with Crippen LogP contribution in [-0.2, 0) is 4.79 Å². The van der Waals surface area contributed by atoms with Crippen LogP contribution < -0.4 is 10.1 Å². The zero-order valence-electron chi connectivity index (χ0n) is 18.7. The first-order chi connectivity index (χ1) is 15.5. The summed E-state index contributed by atoms with van der Waals surface area (Å²) in [5.74, 6) is 0.699. The second-order valence-corrected chi connectivity index (χ2v) is 9.37. The van der Waals surface area contributed by atoms with Gasteiger partial charge in [-0.05, 0) is 56.0 Å². The highest BCUT2D eigenvalue weighted by Gasteiger charge is 2.17. The minimum Gasteiger partial charge on any atom is -0.493 e. The van der Waals surface area contributed by atoms with Gasteiger partial charge in [-0.15, -0.1) is 0 Å². The Morgan fingerprint density at radius 3 is 2.56 bits per heavy atom. The van der Waals surface area contributed by atoms with E-state index < -0.39 is 0 Å². The van der Waals surface area contributed by atoms with Gasteiger partial charge in [0.2, 0.25) is 5.91 Å². The van der Waals surface area contributed by atoms with E-state index in [1.54, 1.807) is 12.3 Å². The fraction of sp³-hybridized carbons (Fsp3) is 0.370. The monoisotopic (exact) mass is 495 g/mol. The Morgan fingerprint density at radius 2 is 1.88 bits per heavy atom. The Balaban J connectivity index is 1.66. The molecule has 0 spiro atoms. The van der Waals surface area contributed by atoms with Gasteiger partial charge in [0, 0.05) is 39.2 Å². The summed E-state index contributed by atoms with van der Waals surface area (Å²) in [4.78, 5) is 12.8. The Labute approximate surface area is 198 Å². The quantitative estimate of drug-likeness (QED) is 0.284. The van der Waals surface area contributed by atoms with E-state index in [1.165, 1.54) is 25.7 Å². The zero-order valence-corrected chi connectivity index (χ0v) is 20.3. The van der Waals surface area contributed by atoms with Gasteiger partial charge in [-0.3, -0.25) is 4.79 Å². The zero-order chi connectivity index (χ0) is 22.5. The number of benzene rings is 2. The summed E-state index contributed by atoms with van der Waals surface area (Å²) in [5, 5.41) is 4.21. The van der Waals surface area contributed by atoms with Gasteiger partial charge in [0.25, 0.3) is 0 Å². The molecule has 0 unspecified atom stereocenters. The van der Waals surface area contributed by atoms with E-state index in [-0.39, 0.29) is 11.9 Å². The third kappa shape index (κ3) is 5.26. The van der Waals surface area contributed by atoms with Crippen LogP contribution in [0.2, 0.25) is 0 Å². The number of amides is 1. The number of furan rings is 1. The predicted octanol–water partition coefficient (Wildman–Crippen LogP) is 7.50. The molecule has 5 heteroatoms. The third-order valence-electron chi connectivity index (χ3n) is 6.10. The minimum atomic E-state index is -0.0303. The molecule has 0 saturated heterocycles. The lowest BCUT2D eigenvalue weighted by molar-refractivity contribution is -0.117. The van der Waals surface area contributed by atoms with Gasteiger partial charge in [0.05, 0.1) is 12.9 Å². The van der Waals surface area contributed by atoms with Gasteiger partial charge in [0.15, 0.2) is 0 Å². The van der Waals surface area contributed by atoms with Crippen LogP contribution in [0.3, 0.4) is 0 Å². The lowest BCUT2D eigenvalue weighted by Gasteiger charge is -2.16. The molecule has 1 aromatic heterocycles. The summed E-state index contributed by atoms with van der Waals surface area (Å²) in [6.07, 6.45) is 10.5. The van der Waals surface area contributed by atoms with Gasteiger partial charge in [-0.2, -0.15) is 0 Å². The topological polar surface area (TPSA) is 51.5 Å². The first kappa shape index (κ1) is 22.7. The Morgan fingerprint density at radius 1 is 1.16 bits per heavy atom. The number of carbonyl (C=O) groups is 1. The van der Waals surface area contributed by atoms with Crippen molar-refractivity contribution in [1.82, 2.24) is 5.32 Å². The first-order valence-electron chi connectivity index (χ1n) is 11.5. The molecule has 1 aliphatic rings. The van der Waals surface area contributed by atoms with E-state index in [0.717, 1.165) is 56.3 Å². The summed E-state index contributed by atoms with van der Waals surface area (Å²) in [7, 11) is 0. The summed E-state index contributed by atoms with van der Waals surface area (Å²) in [5.41, 5.74) is 4.66. The van der Waals surface area contributed by atoms with E-state index >= 15 is 0 Å². The number of hydrogen-bond donors (Lipinski definition) is 1. The maximum absolute atomic E-state index is 12.8. The van der Waals surface area contributed by atoms with Crippen LogP contribution in [0.4, 0.5) is 0 Å². The van der Waals surface area contributed by atoms with Crippen LogP contribution in [0.5, 0.6) is 5.75 Å². The molecule has 0 bridgehead atoms. The van der Waals surface area contributed by atoms with Crippen molar-refractivity contribution < 1.29 is 13.9 Å². The van der Waals surface area contributed by atoms with Crippen molar-refractivity contribution in [1.29, 1.82) is 0 Å². The molecule has 1 amide bonds. The number of nitrogens with one attached hydrogen (secondary N) is 1. The van der Waals surface area contributed by atoms with Crippen LogP contribution in [0, 0.1) is 0 Å². The average molecular weight is 496 g/mol. The molecule has 4 nitrogen and oxygen atoms in total. The largest absolute Gasteiger partial charge is 0.493 e. The highest BCUT2D eigenvalue weighted by Crippen LogP contribution is 2.37. The SMILES string of the molecule is CCOc1cc2occ(-c3ccc(Br)cc3)c2cc1/C(C)=C/C(=O)NC1CCCCCC1. The van der Waals surface area contributed by atoms with E-state index in [2.05, 4.69) is 39.4 Å². The molecule has 4 rings (SSSR count). The average Bonchev–Trinajstić information content (AvgIpc) is 3.01. The van der Waals surface area contributed by atoms with E-state index in [0.29, 0.717) is 6.61 Å². The van der Waals surface area contributed by atoms with E-state index in [1.807, 2.05) is 32.0 Å². The first-order valence-corrected chi connectivity index (χ1v) is 12.3. The van der Waals surface area contributed by atoms with Crippen LogP contribution in [-0.4, -0.2) is 18.6 Å². The number of carbonyl (C=O) groups excluding carboxylic acids is 1. The lowest BCUT2D eigenvalue weighted by atomic mass is 9.99. The minimum absolute atomic E-state index is 0.0303. The van der Waals surface area contributed by atoms with Crippen LogP contribution in [0.15, 0.2) is 57.6 Å². The fourth-order valence-corrected chi connectivity index (χ4v) is 4.70. The summed E-state index contributed by atoms with van der Waals surface area (Å²) < 4.78 is 12.8. The Hall–Kier alpha value is -2.53. The van der Waals surface area contributed by atoms with E-state index in [9.17, 15) is 4.79 Å². The summed E-state index contributed by atoms with van der Waals surface area (Å²) >= 11 is 3.49. The van der Waals surface area contributed by atoms with Gasteiger partial charge in [-0.25, -0.2) is 0 Å². The molecule has 2 aromatic carbocycles. The van der Waals surface area contributed by atoms with Crippen molar-refractivity contribution in [2.24, 2.45) is 0 Å². The lowest BCUT2D eigenvalue weighted by Crippen LogP contribution is -2.33. The summed E-state index contributed by atoms with van der Waals surface area (Å²) in [6, 6.07) is 12.4. The van der Waals surface area contributed by atoms with Crippen molar-refractivity contribution in [2.75, 3.05) is 6.61 Å². The highest BCUT2D eigenvalue weighted by atomic mass is 79.9. The number of rotatable bonds is 6. The Kier molecular flexibility index (Phi) is 7.36. The van der Waals surface area contributed by atoms with Gasteiger partial charge in [0.1, 0.15) is 11.3 Å². The standard InChI is InChI=1S/C27H30BrNO3/c1-3-31-25-16-26-23(24(17-32-26)19-10-12-20(28)13-11-19)15-22(25)18(2)14-27(30)29-21-8-6-4-5-7-9-21/h10-17,21H,3-9H2,1-2H3,(H,29,30)/b18-14+. The van der Waals surface area contributed by atoms with Gasteiger partial charge in [-0.1, -0.05) is 53.7 Å². The van der Waals surface area contributed by atoms with Crippen molar-refractivity contribution in [3.8, 4) is 16.9 Å². The molecule has 1 saturated carbocycles. The smallest absolute Gasteiger partial charge is 0.244 e. The second kappa shape index (κ2) is 10.4. The number of allylic oxidation sites excluding steroid dienone is 1. The molecular weight excluding hydrogens is 466 g/mol. The molecule has 168 valence electrons. The molecule has 32 heavy (non-hydrogen) atoms. The molecule has 0 aliphatic heterocycles. The number of ether oxygens (including phenoxy) is 1. The van der Waals surface area contributed by atoms with Crippen LogP contribution >= 0.6 is 15.9 Å². The predicted molar refractivity (Wildman–Crippen MR) is 134 cm³/mol. The molecule has 3 aromatic rings. The maximum Gasteiger partial charge on any atom is 0.244 e. The molecule has 0 atom stereocenters. The molecule has 1 aliphatic carbocycles. The number of halogens is 1. The molecule has 1 heterocycles. The number of hydrogen-bond acceptors (Lipinski definition) is 3. The fourth-order valence-electron chi connectivity index (χ4n) is 4.43. The van der Waals surface area contributed by atoms with Crippen molar-refractivity contribution in [2.45, 2.75) is 58.4 Å². The van der Waals surface area contributed by atoms with Crippen molar-refractivity contribution >= 4 is 38.4 Å². The van der Waals surface area contributed by atoms with Gasteiger partial charge < -0.3 is 14.5 Å². The third-order valence-corrected chi connectivity index (χ3v) is 6.63. The maximum atomic E-state index is 12.8. The van der Waals surface area contributed by atoms with Gasteiger partial charge >= 0.3 is 0 Å². The highest BCUT2D eigenvalue weighted by molar-refractivity contribution is 9.10. The van der Waals surface area contributed by atoms with Crippen molar-refractivity contribution in [3.05, 3.63) is 58.8 Å². The molecule has 0 radical (unpaired) electrons. The number of fused-ring (bicyclic) bond motifs is 1. The van der Waals surface area contributed by atoms with Crippen LogP contribution in [0.25, 0.3) is 27.7 Å². The summed E-state index contributed by atoms with van der Waals surface area (Å²) in [6.45, 7) is 4.47. The molecule has 1 N–H and O–H groups in total. The molecular formula is C27H30BrNO3.